The summed E-state index contributed by atoms with van der Waals surface area (Å²) in [5.41, 5.74) is 7.19. The number of nitrogens with two attached hydrogens (primary N) is 1. The van der Waals surface area contributed by atoms with Crippen molar-refractivity contribution in [3.8, 4) is 0 Å². The van der Waals surface area contributed by atoms with Crippen molar-refractivity contribution in [3.63, 3.8) is 0 Å². The highest BCUT2D eigenvalue weighted by molar-refractivity contribution is 6.31. The molecule has 0 aromatic heterocycles. The van der Waals surface area contributed by atoms with Gasteiger partial charge in [-0.25, -0.2) is 0 Å². The molecular weight excluding hydrogens is 248 g/mol. The Hall–Kier alpha value is -1.06. The first-order valence-electron chi connectivity index (χ1n) is 6.35. The van der Waals surface area contributed by atoms with Crippen LogP contribution >= 0.6 is 11.6 Å². The molecule has 1 aromatic rings. The van der Waals surface area contributed by atoms with Crippen molar-refractivity contribution in [1.82, 2.24) is 5.32 Å². The van der Waals surface area contributed by atoms with Gasteiger partial charge < -0.3 is 11.1 Å². The molecule has 0 spiro atoms. The second-order valence-corrected chi connectivity index (χ2v) is 5.53. The Morgan fingerprint density at radius 1 is 1.50 bits per heavy atom. The Bertz CT molecular complexity index is 455. The molecule has 1 amide bonds. The first kappa shape index (κ1) is 13.4. The number of halogens is 1. The van der Waals surface area contributed by atoms with Crippen LogP contribution < -0.4 is 11.1 Å². The zero-order valence-electron chi connectivity index (χ0n) is 10.6. The Balaban J connectivity index is 1.91. The zero-order chi connectivity index (χ0) is 13.2. The molecule has 1 fully saturated rings. The normalized spacial score (nSPS) is 16.6. The number of hydrogen-bond donors (Lipinski definition) is 2. The molecule has 4 heteroatoms. The third-order valence-corrected chi connectivity index (χ3v) is 4.21. The molecule has 0 aliphatic heterocycles. The van der Waals surface area contributed by atoms with Crippen molar-refractivity contribution < 1.29 is 4.79 Å². The van der Waals surface area contributed by atoms with Crippen LogP contribution in [0.1, 0.15) is 42.1 Å². The monoisotopic (exact) mass is 266 g/mol. The van der Waals surface area contributed by atoms with Gasteiger partial charge in [-0.05, 0) is 42.4 Å². The lowest BCUT2D eigenvalue weighted by atomic mass is 10.0. The van der Waals surface area contributed by atoms with E-state index in [-0.39, 0.29) is 0 Å². The number of hydrogen-bond acceptors (Lipinski definition) is 2. The summed E-state index contributed by atoms with van der Waals surface area (Å²) in [6.45, 7) is 4.01. The van der Waals surface area contributed by atoms with Crippen LogP contribution in [0.25, 0.3) is 0 Å². The maximum Gasteiger partial charge on any atom is 0.248 e. The lowest BCUT2D eigenvalue weighted by Crippen LogP contribution is -2.23. The van der Waals surface area contributed by atoms with Crippen LogP contribution in [0.15, 0.2) is 18.2 Å². The number of nitrogens with one attached hydrogen (secondary N) is 1. The predicted octanol–water partition coefficient (Wildman–Crippen LogP) is 2.72. The van der Waals surface area contributed by atoms with Crippen molar-refractivity contribution in [3.05, 3.63) is 34.3 Å². The summed E-state index contributed by atoms with van der Waals surface area (Å²) in [5.74, 6) is -0.445. The minimum atomic E-state index is -0.445. The molecule has 1 aliphatic carbocycles. The maximum absolute atomic E-state index is 11.0. The van der Waals surface area contributed by atoms with Gasteiger partial charge in [-0.1, -0.05) is 24.6 Å². The Morgan fingerprint density at radius 2 is 2.22 bits per heavy atom. The maximum atomic E-state index is 11.0. The van der Waals surface area contributed by atoms with E-state index in [9.17, 15) is 4.79 Å². The number of primary amides is 1. The second-order valence-electron chi connectivity index (χ2n) is 5.13. The summed E-state index contributed by atoms with van der Waals surface area (Å²) in [5, 5.41) is 4.04. The largest absolute Gasteiger partial charge is 0.366 e. The van der Waals surface area contributed by atoms with Crippen LogP contribution in [0.4, 0.5) is 0 Å². The summed E-state index contributed by atoms with van der Waals surface area (Å²) < 4.78 is 0. The van der Waals surface area contributed by atoms with Gasteiger partial charge in [0, 0.05) is 23.7 Å². The highest BCUT2D eigenvalue weighted by atomic mass is 35.5. The summed E-state index contributed by atoms with van der Waals surface area (Å²) in [6, 6.07) is 5.21. The Labute approximate surface area is 113 Å². The van der Waals surface area contributed by atoms with E-state index in [4.69, 9.17) is 17.3 Å². The highest BCUT2D eigenvalue weighted by Gasteiger charge is 2.39. The molecule has 3 N–H and O–H groups in total. The van der Waals surface area contributed by atoms with Gasteiger partial charge in [-0.2, -0.15) is 0 Å². The van der Waals surface area contributed by atoms with Gasteiger partial charge in [0.2, 0.25) is 5.91 Å². The average molecular weight is 267 g/mol. The van der Waals surface area contributed by atoms with Gasteiger partial charge in [0.1, 0.15) is 0 Å². The lowest BCUT2D eigenvalue weighted by Gasteiger charge is -2.14. The number of benzene rings is 1. The summed E-state index contributed by atoms with van der Waals surface area (Å²) in [4.78, 5) is 11.0. The molecule has 0 unspecified atom stereocenters. The van der Waals surface area contributed by atoms with Gasteiger partial charge in [-0.15, -0.1) is 0 Å². The SMILES string of the molecule is CCC1(CNCc2ccc(C(N)=O)cc2Cl)CC1. The van der Waals surface area contributed by atoms with E-state index in [1.165, 1.54) is 19.3 Å². The molecule has 1 aliphatic rings. The third kappa shape index (κ3) is 3.03. The molecule has 18 heavy (non-hydrogen) atoms. The molecule has 98 valence electrons. The van der Waals surface area contributed by atoms with Crippen LogP contribution in [0.5, 0.6) is 0 Å². The summed E-state index contributed by atoms with van der Waals surface area (Å²) >= 11 is 6.13. The zero-order valence-corrected chi connectivity index (χ0v) is 11.4. The predicted molar refractivity (Wildman–Crippen MR) is 73.6 cm³/mol. The fourth-order valence-corrected chi connectivity index (χ4v) is 2.39. The topological polar surface area (TPSA) is 55.1 Å². The van der Waals surface area contributed by atoms with E-state index in [0.29, 0.717) is 16.0 Å². The van der Waals surface area contributed by atoms with Gasteiger partial charge in [0.25, 0.3) is 0 Å². The van der Waals surface area contributed by atoms with Crippen molar-refractivity contribution in [1.29, 1.82) is 0 Å². The standard InChI is InChI=1S/C14H19ClN2O/c1-2-14(5-6-14)9-17-8-11-4-3-10(13(16)18)7-12(11)15/h3-4,7,17H,2,5-6,8-9H2,1H3,(H2,16,18). The molecule has 3 nitrogen and oxygen atoms in total. The number of carbonyl (C=O) groups excluding carboxylic acids is 1. The van der Waals surface area contributed by atoms with Gasteiger partial charge in [0.05, 0.1) is 0 Å². The van der Waals surface area contributed by atoms with Gasteiger partial charge in [-0.3, -0.25) is 4.79 Å². The number of amides is 1. The van der Waals surface area contributed by atoms with Crippen LogP contribution in [0.3, 0.4) is 0 Å². The number of rotatable bonds is 6. The molecule has 0 atom stereocenters. The first-order valence-corrected chi connectivity index (χ1v) is 6.73. The fourth-order valence-electron chi connectivity index (χ4n) is 2.14. The lowest BCUT2D eigenvalue weighted by molar-refractivity contribution is 0.100. The van der Waals surface area contributed by atoms with E-state index in [2.05, 4.69) is 12.2 Å². The van der Waals surface area contributed by atoms with E-state index in [1.807, 2.05) is 6.07 Å². The molecule has 1 saturated carbocycles. The van der Waals surface area contributed by atoms with E-state index in [1.54, 1.807) is 12.1 Å². The minimum absolute atomic E-state index is 0.445. The van der Waals surface area contributed by atoms with Crippen molar-refractivity contribution >= 4 is 17.5 Å². The molecule has 0 radical (unpaired) electrons. The van der Waals surface area contributed by atoms with Crippen LogP contribution in [-0.2, 0) is 6.54 Å². The fraction of sp³-hybridized carbons (Fsp3) is 0.500. The average Bonchev–Trinajstić information content (AvgIpc) is 3.11. The highest BCUT2D eigenvalue weighted by Crippen LogP contribution is 2.47. The second kappa shape index (κ2) is 5.29. The van der Waals surface area contributed by atoms with Gasteiger partial charge in [0.15, 0.2) is 0 Å². The van der Waals surface area contributed by atoms with Crippen molar-refractivity contribution in [2.24, 2.45) is 11.1 Å². The quantitative estimate of drug-likeness (QED) is 0.832. The Morgan fingerprint density at radius 3 is 2.72 bits per heavy atom. The van der Waals surface area contributed by atoms with Crippen LogP contribution in [0, 0.1) is 5.41 Å². The van der Waals surface area contributed by atoms with Crippen molar-refractivity contribution in [2.45, 2.75) is 32.7 Å². The molecule has 1 aromatic carbocycles. The van der Waals surface area contributed by atoms with Crippen molar-refractivity contribution in [2.75, 3.05) is 6.54 Å². The third-order valence-electron chi connectivity index (χ3n) is 3.86. The van der Waals surface area contributed by atoms with E-state index in [0.717, 1.165) is 18.7 Å². The van der Waals surface area contributed by atoms with Gasteiger partial charge >= 0.3 is 0 Å². The van der Waals surface area contributed by atoms with Crippen LogP contribution in [0.2, 0.25) is 5.02 Å². The summed E-state index contributed by atoms with van der Waals surface area (Å²) in [7, 11) is 0. The molecule has 0 saturated heterocycles. The first-order chi connectivity index (χ1) is 8.56. The molecule has 0 heterocycles. The summed E-state index contributed by atoms with van der Waals surface area (Å²) in [6.07, 6.45) is 3.88. The van der Waals surface area contributed by atoms with E-state index >= 15 is 0 Å². The van der Waals surface area contributed by atoms with Crippen LogP contribution in [-0.4, -0.2) is 12.5 Å². The molecule has 0 bridgehead atoms. The Kier molecular flexibility index (Phi) is 3.93. The minimum Gasteiger partial charge on any atom is -0.366 e. The number of carbonyl (C=O) groups is 1. The molecule has 2 rings (SSSR count). The van der Waals surface area contributed by atoms with E-state index < -0.39 is 5.91 Å². The smallest absolute Gasteiger partial charge is 0.248 e. The molecular formula is C14H19ClN2O.